The predicted molar refractivity (Wildman–Crippen MR) is 99.7 cm³/mol. The van der Waals surface area contributed by atoms with Crippen LogP contribution in [0.3, 0.4) is 0 Å². The third kappa shape index (κ3) is 5.14. The molecular weight excluding hydrogens is 336 g/mol. The minimum Gasteiger partial charge on any atom is -0.351 e. The lowest BCUT2D eigenvalue weighted by atomic mass is 9.96. The summed E-state index contributed by atoms with van der Waals surface area (Å²) in [4.78, 5) is 9.28. The van der Waals surface area contributed by atoms with Gasteiger partial charge in [-0.3, -0.25) is 0 Å². The number of sulfone groups is 1. The molecule has 1 aromatic rings. The van der Waals surface area contributed by atoms with Crippen LogP contribution in [0.25, 0.3) is 0 Å². The van der Waals surface area contributed by atoms with E-state index < -0.39 is 9.84 Å². The van der Waals surface area contributed by atoms with E-state index in [4.69, 9.17) is 0 Å². The summed E-state index contributed by atoms with van der Waals surface area (Å²) in [6, 6.07) is 0.390. The van der Waals surface area contributed by atoms with Crippen molar-refractivity contribution >= 4 is 15.8 Å². The van der Waals surface area contributed by atoms with Gasteiger partial charge in [0.15, 0.2) is 9.84 Å². The monoisotopic (exact) mass is 366 g/mol. The second kappa shape index (κ2) is 8.45. The number of rotatable bonds is 4. The molecular formula is C18H30N4O2S. The van der Waals surface area contributed by atoms with Crippen molar-refractivity contribution in [3.63, 3.8) is 0 Å². The highest BCUT2D eigenvalue weighted by Crippen LogP contribution is 2.28. The molecule has 1 aliphatic heterocycles. The van der Waals surface area contributed by atoms with E-state index in [0.29, 0.717) is 17.7 Å². The molecule has 0 unspecified atom stereocenters. The molecule has 140 valence electrons. The Morgan fingerprint density at radius 1 is 1.08 bits per heavy atom. The number of anilines is 1. The molecule has 0 amide bonds. The van der Waals surface area contributed by atoms with Gasteiger partial charge in [-0.25, -0.2) is 18.4 Å². The molecule has 1 saturated heterocycles. The van der Waals surface area contributed by atoms with E-state index in [2.05, 4.69) is 20.6 Å². The second-order valence-electron chi connectivity index (χ2n) is 7.44. The Morgan fingerprint density at radius 2 is 1.80 bits per heavy atom. The van der Waals surface area contributed by atoms with Crippen LogP contribution >= 0.6 is 0 Å². The first kappa shape index (κ1) is 18.6. The molecule has 1 aliphatic carbocycles. The summed E-state index contributed by atoms with van der Waals surface area (Å²) in [6.45, 7) is 1.77. The highest BCUT2D eigenvalue weighted by molar-refractivity contribution is 7.90. The van der Waals surface area contributed by atoms with Gasteiger partial charge in [0.2, 0.25) is 5.95 Å². The summed E-state index contributed by atoms with van der Waals surface area (Å²) in [6.07, 6.45) is 13.4. The van der Waals surface area contributed by atoms with Gasteiger partial charge >= 0.3 is 0 Å². The topological polar surface area (TPSA) is 84.0 Å². The number of nitrogens with zero attached hydrogens (tertiary/aromatic N) is 2. The van der Waals surface area contributed by atoms with Gasteiger partial charge in [-0.1, -0.05) is 32.1 Å². The van der Waals surface area contributed by atoms with E-state index in [9.17, 15) is 8.42 Å². The first-order chi connectivity index (χ1) is 12.0. The van der Waals surface area contributed by atoms with Crippen molar-refractivity contribution in [2.75, 3.05) is 24.7 Å². The Morgan fingerprint density at radius 3 is 2.44 bits per heavy atom. The van der Waals surface area contributed by atoms with E-state index in [-0.39, 0.29) is 10.8 Å². The molecule has 1 saturated carbocycles. The van der Waals surface area contributed by atoms with Crippen LogP contribution in [0, 0.1) is 0 Å². The zero-order chi connectivity index (χ0) is 17.7. The van der Waals surface area contributed by atoms with Gasteiger partial charge in [-0.2, -0.15) is 0 Å². The molecule has 2 heterocycles. The third-order valence-electron chi connectivity index (χ3n) is 5.30. The smallest absolute Gasteiger partial charge is 0.223 e. The summed E-state index contributed by atoms with van der Waals surface area (Å²) in [5.74, 6) is 0.720. The van der Waals surface area contributed by atoms with Gasteiger partial charge in [0.25, 0.3) is 0 Å². The lowest BCUT2D eigenvalue weighted by molar-refractivity contribution is 0.446. The fraction of sp³-hybridized carbons (Fsp3) is 0.778. The molecule has 2 fully saturated rings. The molecule has 2 N–H and O–H groups in total. The molecule has 6 nitrogen and oxygen atoms in total. The minimum atomic E-state index is -3.32. The summed E-state index contributed by atoms with van der Waals surface area (Å²) in [7, 11) is -3.32. The predicted octanol–water partition coefficient (Wildman–Crippen LogP) is 2.87. The van der Waals surface area contributed by atoms with Gasteiger partial charge in [-0.15, -0.1) is 0 Å². The molecule has 0 radical (unpaired) electrons. The molecule has 0 aromatic carbocycles. The number of hydrogen-bond acceptors (Lipinski definition) is 6. The Labute approximate surface area is 151 Å². The Hall–Kier alpha value is -1.21. The van der Waals surface area contributed by atoms with Crippen LogP contribution in [-0.2, 0) is 9.84 Å². The Kier molecular flexibility index (Phi) is 6.28. The van der Waals surface area contributed by atoms with Crippen LogP contribution in [0.4, 0.5) is 5.95 Å². The number of piperidine rings is 1. The zero-order valence-corrected chi connectivity index (χ0v) is 15.9. The molecule has 7 heteroatoms. The van der Waals surface area contributed by atoms with Gasteiger partial charge in [0.1, 0.15) is 4.90 Å². The van der Waals surface area contributed by atoms with E-state index in [0.717, 1.165) is 38.8 Å². The van der Waals surface area contributed by atoms with Gasteiger partial charge in [-0.05, 0) is 32.2 Å². The van der Waals surface area contributed by atoms with Crippen molar-refractivity contribution in [2.24, 2.45) is 0 Å². The lowest BCUT2D eigenvalue weighted by Gasteiger charge is -2.25. The van der Waals surface area contributed by atoms with Crippen molar-refractivity contribution < 1.29 is 8.42 Å². The van der Waals surface area contributed by atoms with Gasteiger partial charge < -0.3 is 10.6 Å². The normalized spacial score (nSPS) is 23.6. The van der Waals surface area contributed by atoms with E-state index in [1.165, 1.54) is 44.6 Å². The van der Waals surface area contributed by atoms with Crippen LogP contribution < -0.4 is 10.6 Å². The minimum absolute atomic E-state index is 0.138. The van der Waals surface area contributed by atoms with Gasteiger partial charge in [0, 0.05) is 24.8 Å². The fourth-order valence-electron chi connectivity index (χ4n) is 3.90. The molecule has 3 rings (SSSR count). The molecule has 0 bridgehead atoms. The largest absolute Gasteiger partial charge is 0.351 e. The van der Waals surface area contributed by atoms with E-state index in [1.54, 1.807) is 0 Å². The van der Waals surface area contributed by atoms with Crippen LogP contribution in [-0.4, -0.2) is 43.8 Å². The van der Waals surface area contributed by atoms with Crippen molar-refractivity contribution in [3.8, 4) is 0 Å². The maximum Gasteiger partial charge on any atom is 0.223 e. The second-order valence-corrected chi connectivity index (χ2v) is 9.43. The summed E-state index contributed by atoms with van der Waals surface area (Å²) in [5.41, 5.74) is 0.679. The summed E-state index contributed by atoms with van der Waals surface area (Å²) < 4.78 is 24.3. The van der Waals surface area contributed by atoms with Crippen LogP contribution in [0.5, 0.6) is 0 Å². The highest BCUT2D eigenvalue weighted by atomic mass is 32.2. The van der Waals surface area contributed by atoms with Crippen molar-refractivity contribution in [1.29, 1.82) is 0 Å². The van der Waals surface area contributed by atoms with E-state index >= 15 is 0 Å². The molecule has 1 aromatic heterocycles. The number of nitrogens with one attached hydrogen (secondary N) is 2. The summed E-state index contributed by atoms with van der Waals surface area (Å²) >= 11 is 0. The van der Waals surface area contributed by atoms with Crippen LogP contribution in [0.1, 0.15) is 69.4 Å². The maximum atomic E-state index is 12.2. The average molecular weight is 367 g/mol. The molecule has 1 atom stereocenters. The SMILES string of the molecule is CS(=O)(=O)c1cnc(NC2CCCCCCC2)nc1[C@@H]1CCCNC1. The molecule has 2 aliphatic rings. The first-order valence-electron chi connectivity index (χ1n) is 9.58. The standard InChI is InChI=1S/C18H30N4O2S/c1-25(23,24)16-13-20-18(21-15-9-5-3-2-4-6-10-15)22-17(16)14-8-7-11-19-12-14/h13-15,19H,2-12H2,1H3,(H,20,21,22)/t14-/m1/s1. The van der Waals surface area contributed by atoms with Crippen molar-refractivity contribution in [3.05, 3.63) is 11.9 Å². The van der Waals surface area contributed by atoms with Crippen LogP contribution in [0.2, 0.25) is 0 Å². The summed E-state index contributed by atoms with van der Waals surface area (Å²) in [5, 5.41) is 6.82. The quantitative estimate of drug-likeness (QED) is 0.852. The van der Waals surface area contributed by atoms with Gasteiger partial charge in [0.05, 0.1) is 11.9 Å². The highest BCUT2D eigenvalue weighted by Gasteiger charge is 2.25. The van der Waals surface area contributed by atoms with Crippen molar-refractivity contribution in [1.82, 2.24) is 15.3 Å². The first-order valence-corrected chi connectivity index (χ1v) is 11.5. The Balaban J connectivity index is 1.82. The fourth-order valence-corrected chi connectivity index (χ4v) is 4.74. The molecule has 25 heavy (non-hydrogen) atoms. The number of aromatic nitrogens is 2. The average Bonchev–Trinajstić information content (AvgIpc) is 2.57. The Bertz CT molecular complexity index is 664. The number of hydrogen-bond donors (Lipinski definition) is 2. The maximum absolute atomic E-state index is 12.2. The van der Waals surface area contributed by atoms with E-state index in [1.807, 2.05) is 0 Å². The van der Waals surface area contributed by atoms with Crippen molar-refractivity contribution in [2.45, 2.75) is 74.6 Å². The third-order valence-corrected chi connectivity index (χ3v) is 6.42. The zero-order valence-electron chi connectivity index (χ0n) is 15.1. The molecule has 0 spiro atoms. The van der Waals surface area contributed by atoms with Crippen LogP contribution in [0.15, 0.2) is 11.1 Å². The lowest BCUT2D eigenvalue weighted by Crippen LogP contribution is -2.30.